The summed E-state index contributed by atoms with van der Waals surface area (Å²) in [7, 11) is 0. The van der Waals surface area contributed by atoms with Crippen LogP contribution in [-0.2, 0) is 13.1 Å². The van der Waals surface area contributed by atoms with Crippen LogP contribution in [0.5, 0.6) is 0 Å². The summed E-state index contributed by atoms with van der Waals surface area (Å²) in [6.45, 7) is 2.04. The van der Waals surface area contributed by atoms with Crippen LogP contribution in [0.2, 0.25) is 0 Å². The second kappa shape index (κ2) is 11.2. The number of hydrogen-bond donors (Lipinski definition) is 3. The molecule has 0 atom stereocenters. The molecule has 0 saturated carbocycles. The fraction of sp³-hybridized carbons (Fsp3) is 0.294. The summed E-state index contributed by atoms with van der Waals surface area (Å²) in [6, 6.07) is 20.9. The van der Waals surface area contributed by atoms with Gasteiger partial charge < -0.3 is 15.5 Å². The summed E-state index contributed by atoms with van der Waals surface area (Å²) in [4.78, 5) is 0. The van der Waals surface area contributed by atoms with Gasteiger partial charge in [0.05, 0.1) is 0 Å². The van der Waals surface area contributed by atoms with Gasteiger partial charge in [-0.3, -0.25) is 0 Å². The largest absolute Gasteiger partial charge is 0.396 e. The Kier molecular flexibility index (Phi) is 9.15. The average molecular weight is 273 g/mol. The van der Waals surface area contributed by atoms with Crippen LogP contribution in [0.1, 0.15) is 17.5 Å². The summed E-state index contributed by atoms with van der Waals surface area (Å²) < 4.78 is 0. The molecule has 2 rings (SSSR count). The van der Waals surface area contributed by atoms with Gasteiger partial charge in [-0.2, -0.15) is 0 Å². The SMILES string of the molecule is OCCCO.c1ccc(CNCc2ccccc2)cc1. The van der Waals surface area contributed by atoms with Crippen molar-refractivity contribution in [2.75, 3.05) is 13.2 Å². The maximum Gasteiger partial charge on any atom is 0.0452 e. The molecule has 108 valence electrons. The molecule has 0 aromatic heterocycles. The molecule has 2 aromatic rings. The lowest BCUT2D eigenvalue weighted by Crippen LogP contribution is -2.12. The molecule has 0 aliphatic rings. The lowest BCUT2D eigenvalue weighted by Gasteiger charge is -2.04. The third-order valence-electron chi connectivity index (χ3n) is 2.66. The molecule has 0 radical (unpaired) electrons. The Balaban J connectivity index is 0.000000347. The second-order valence-electron chi connectivity index (χ2n) is 4.38. The maximum atomic E-state index is 7.91. The molecule has 0 fully saturated rings. The topological polar surface area (TPSA) is 52.5 Å². The zero-order chi connectivity index (χ0) is 14.5. The fourth-order valence-corrected chi connectivity index (χ4v) is 1.61. The van der Waals surface area contributed by atoms with Gasteiger partial charge in [0.25, 0.3) is 0 Å². The van der Waals surface area contributed by atoms with Crippen molar-refractivity contribution < 1.29 is 10.2 Å². The highest BCUT2D eigenvalue weighted by Crippen LogP contribution is 2.00. The van der Waals surface area contributed by atoms with Crippen molar-refractivity contribution >= 4 is 0 Å². The van der Waals surface area contributed by atoms with Gasteiger partial charge in [-0.1, -0.05) is 60.7 Å². The van der Waals surface area contributed by atoms with Crippen LogP contribution in [0, 0.1) is 0 Å². The molecule has 0 unspecified atom stereocenters. The molecule has 0 saturated heterocycles. The highest BCUT2D eigenvalue weighted by molar-refractivity contribution is 5.16. The predicted octanol–water partition coefficient (Wildman–Crippen LogP) is 2.34. The predicted molar refractivity (Wildman–Crippen MR) is 82.2 cm³/mol. The fourth-order valence-electron chi connectivity index (χ4n) is 1.61. The van der Waals surface area contributed by atoms with Gasteiger partial charge in [-0.15, -0.1) is 0 Å². The van der Waals surface area contributed by atoms with E-state index in [4.69, 9.17) is 10.2 Å². The maximum absolute atomic E-state index is 7.91. The molecule has 3 N–H and O–H groups in total. The number of aliphatic hydroxyl groups is 2. The van der Waals surface area contributed by atoms with Crippen molar-refractivity contribution in [3.8, 4) is 0 Å². The van der Waals surface area contributed by atoms with Gasteiger partial charge in [-0.05, 0) is 17.5 Å². The highest BCUT2D eigenvalue weighted by atomic mass is 16.3. The Hall–Kier alpha value is -1.68. The first-order valence-corrected chi connectivity index (χ1v) is 6.87. The molecular weight excluding hydrogens is 250 g/mol. The number of nitrogens with one attached hydrogen (secondary N) is 1. The van der Waals surface area contributed by atoms with Crippen LogP contribution < -0.4 is 5.32 Å². The minimum absolute atomic E-state index is 0.0938. The first kappa shape index (κ1) is 16.4. The zero-order valence-electron chi connectivity index (χ0n) is 11.7. The Labute approximate surface area is 120 Å². The van der Waals surface area contributed by atoms with Crippen molar-refractivity contribution in [1.82, 2.24) is 5.32 Å². The Morgan fingerprint density at radius 1 is 0.650 bits per heavy atom. The Morgan fingerprint density at radius 2 is 1.05 bits per heavy atom. The van der Waals surface area contributed by atoms with E-state index in [1.54, 1.807) is 0 Å². The number of benzene rings is 2. The Morgan fingerprint density at radius 3 is 1.35 bits per heavy atom. The van der Waals surface area contributed by atoms with Crippen LogP contribution in [0.25, 0.3) is 0 Å². The summed E-state index contributed by atoms with van der Waals surface area (Å²) in [5, 5.41) is 19.2. The lowest BCUT2D eigenvalue weighted by atomic mass is 10.2. The summed E-state index contributed by atoms with van der Waals surface area (Å²) in [5.41, 5.74) is 2.65. The standard InChI is InChI=1S/C14H15N.C3H8O2/c1-3-7-13(8-4-1)11-15-12-14-9-5-2-6-10-14;4-2-1-3-5/h1-10,15H,11-12H2;4-5H,1-3H2. The summed E-state index contributed by atoms with van der Waals surface area (Å²) in [5.74, 6) is 0. The van der Waals surface area contributed by atoms with Crippen molar-refractivity contribution in [2.24, 2.45) is 0 Å². The van der Waals surface area contributed by atoms with Crippen molar-refractivity contribution in [1.29, 1.82) is 0 Å². The minimum atomic E-state index is 0.0938. The van der Waals surface area contributed by atoms with Crippen LogP contribution in [0.15, 0.2) is 60.7 Å². The first-order chi connectivity index (χ1) is 9.86. The molecule has 3 nitrogen and oxygen atoms in total. The third-order valence-corrected chi connectivity index (χ3v) is 2.66. The van der Waals surface area contributed by atoms with Gasteiger partial charge in [-0.25, -0.2) is 0 Å². The van der Waals surface area contributed by atoms with Gasteiger partial charge >= 0.3 is 0 Å². The first-order valence-electron chi connectivity index (χ1n) is 6.87. The summed E-state index contributed by atoms with van der Waals surface area (Å²) >= 11 is 0. The molecule has 0 spiro atoms. The minimum Gasteiger partial charge on any atom is -0.396 e. The zero-order valence-corrected chi connectivity index (χ0v) is 11.7. The van der Waals surface area contributed by atoms with Crippen molar-refractivity contribution in [3.05, 3.63) is 71.8 Å². The molecule has 3 heteroatoms. The Bertz CT molecular complexity index is 390. The normalized spacial score (nSPS) is 9.70. The van der Waals surface area contributed by atoms with Crippen molar-refractivity contribution in [2.45, 2.75) is 19.5 Å². The van der Waals surface area contributed by atoms with Crippen LogP contribution in [-0.4, -0.2) is 23.4 Å². The van der Waals surface area contributed by atoms with Gasteiger partial charge in [0.1, 0.15) is 0 Å². The van der Waals surface area contributed by atoms with Gasteiger partial charge in [0, 0.05) is 26.3 Å². The van der Waals surface area contributed by atoms with E-state index in [9.17, 15) is 0 Å². The molecule has 0 bridgehead atoms. The third kappa shape index (κ3) is 7.69. The molecule has 0 amide bonds. The summed E-state index contributed by atoms with van der Waals surface area (Å²) in [6.07, 6.45) is 0.500. The monoisotopic (exact) mass is 273 g/mol. The molecule has 2 aromatic carbocycles. The van der Waals surface area contributed by atoms with Gasteiger partial charge in [0.15, 0.2) is 0 Å². The van der Waals surface area contributed by atoms with Crippen molar-refractivity contribution in [3.63, 3.8) is 0 Å². The van der Waals surface area contributed by atoms with Gasteiger partial charge in [0.2, 0.25) is 0 Å². The second-order valence-corrected chi connectivity index (χ2v) is 4.38. The molecule has 0 heterocycles. The number of aliphatic hydroxyl groups excluding tert-OH is 2. The molecule has 0 aliphatic carbocycles. The average Bonchev–Trinajstić information content (AvgIpc) is 2.51. The molecule has 20 heavy (non-hydrogen) atoms. The van der Waals surface area contributed by atoms with Crippen LogP contribution >= 0.6 is 0 Å². The van der Waals surface area contributed by atoms with E-state index in [0.29, 0.717) is 6.42 Å². The van der Waals surface area contributed by atoms with E-state index in [-0.39, 0.29) is 13.2 Å². The van der Waals surface area contributed by atoms with E-state index in [2.05, 4.69) is 53.8 Å². The van der Waals surface area contributed by atoms with E-state index in [1.807, 2.05) is 12.1 Å². The quantitative estimate of drug-likeness (QED) is 0.757. The lowest BCUT2D eigenvalue weighted by molar-refractivity contribution is 0.221. The van der Waals surface area contributed by atoms with E-state index in [1.165, 1.54) is 11.1 Å². The van der Waals surface area contributed by atoms with Crippen LogP contribution in [0.3, 0.4) is 0 Å². The smallest absolute Gasteiger partial charge is 0.0452 e. The number of rotatable bonds is 6. The number of hydrogen-bond acceptors (Lipinski definition) is 3. The van der Waals surface area contributed by atoms with E-state index >= 15 is 0 Å². The molecular formula is C17H23NO2. The highest BCUT2D eigenvalue weighted by Gasteiger charge is 1.92. The molecule has 0 aliphatic heterocycles. The van der Waals surface area contributed by atoms with E-state index < -0.39 is 0 Å². The van der Waals surface area contributed by atoms with E-state index in [0.717, 1.165) is 13.1 Å². The van der Waals surface area contributed by atoms with Crippen LogP contribution in [0.4, 0.5) is 0 Å².